The highest BCUT2D eigenvalue weighted by Gasteiger charge is 2.47. The van der Waals surface area contributed by atoms with Crippen LogP contribution in [0.15, 0.2) is 24.3 Å². The SMILES string of the molecule is N#Cc1ccc(OC[C@@H]2C[C@@H]2[C@@H](N)C(=O)N2CCC[C@H]2C#N)cc1. The number of benzene rings is 1. The highest BCUT2D eigenvalue weighted by atomic mass is 16.5. The van der Waals surface area contributed by atoms with Crippen molar-refractivity contribution in [3.8, 4) is 17.9 Å². The van der Waals surface area contributed by atoms with Crippen LogP contribution in [0, 0.1) is 34.5 Å². The number of nitriles is 2. The van der Waals surface area contributed by atoms with Gasteiger partial charge in [0.2, 0.25) is 5.91 Å². The first kappa shape index (κ1) is 16.3. The molecule has 1 saturated heterocycles. The molecule has 2 aliphatic rings. The molecule has 1 aliphatic heterocycles. The van der Waals surface area contributed by atoms with E-state index in [0.29, 0.717) is 24.5 Å². The van der Waals surface area contributed by atoms with Crippen molar-refractivity contribution in [2.24, 2.45) is 17.6 Å². The second kappa shape index (κ2) is 6.90. The first-order valence-electron chi connectivity index (χ1n) is 8.22. The number of likely N-dealkylation sites (tertiary alicyclic amines) is 1. The second-order valence-corrected chi connectivity index (χ2v) is 6.45. The van der Waals surface area contributed by atoms with Crippen LogP contribution in [-0.2, 0) is 4.79 Å². The maximum atomic E-state index is 12.5. The zero-order chi connectivity index (χ0) is 17.1. The molecule has 0 spiro atoms. The molecule has 124 valence electrons. The Hall–Kier alpha value is -2.57. The largest absolute Gasteiger partial charge is 0.493 e. The van der Waals surface area contributed by atoms with Crippen molar-refractivity contribution in [3.05, 3.63) is 29.8 Å². The van der Waals surface area contributed by atoms with Gasteiger partial charge >= 0.3 is 0 Å². The number of rotatable bonds is 5. The molecule has 2 fully saturated rings. The lowest BCUT2D eigenvalue weighted by Gasteiger charge is -2.23. The molecule has 1 aromatic carbocycles. The van der Waals surface area contributed by atoms with Crippen LogP contribution in [0.25, 0.3) is 0 Å². The summed E-state index contributed by atoms with van der Waals surface area (Å²) in [5, 5.41) is 17.9. The number of carbonyl (C=O) groups excluding carboxylic acids is 1. The Kier molecular flexibility index (Phi) is 4.69. The molecule has 3 rings (SSSR count). The molecule has 2 N–H and O–H groups in total. The summed E-state index contributed by atoms with van der Waals surface area (Å²) >= 11 is 0. The Morgan fingerprint density at radius 3 is 2.79 bits per heavy atom. The molecule has 0 radical (unpaired) electrons. The van der Waals surface area contributed by atoms with E-state index in [4.69, 9.17) is 21.0 Å². The Morgan fingerprint density at radius 1 is 1.38 bits per heavy atom. The van der Waals surface area contributed by atoms with Gasteiger partial charge < -0.3 is 15.4 Å². The Labute approximate surface area is 141 Å². The number of hydrogen-bond donors (Lipinski definition) is 1. The summed E-state index contributed by atoms with van der Waals surface area (Å²) in [6, 6.07) is 10.3. The summed E-state index contributed by atoms with van der Waals surface area (Å²) in [6.07, 6.45) is 2.48. The average Bonchev–Trinajstić information content (AvgIpc) is 3.24. The third kappa shape index (κ3) is 3.34. The van der Waals surface area contributed by atoms with Crippen LogP contribution < -0.4 is 10.5 Å². The number of nitrogens with zero attached hydrogens (tertiary/aromatic N) is 3. The lowest BCUT2D eigenvalue weighted by molar-refractivity contribution is -0.133. The van der Waals surface area contributed by atoms with Crippen molar-refractivity contribution in [1.29, 1.82) is 10.5 Å². The second-order valence-electron chi connectivity index (χ2n) is 6.45. The molecule has 6 nitrogen and oxygen atoms in total. The zero-order valence-corrected chi connectivity index (χ0v) is 13.4. The summed E-state index contributed by atoms with van der Waals surface area (Å²) in [5.41, 5.74) is 6.72. The van der Waals surface area contributed by atoms with Crippen molar-refractivity contribution in [2.45, 2.75) is 31.3 Å². The molecule has 4 atom stereocenters. The van der Waals surface area contributed by atoms with Gasteiger partial charge in [-0.15, -0.1) is 0 Å². The zero-order valence-electron chi connectivity index (χ0n) is 13.4. The van der Waals surface area contributed by atoms with Gasteiger partial charge in [-0.3, -0.25) is 4.79 Å². The summed E-state index contributed by atoms with van der Waals surface area (Å²) < 4.78 is 5.72. The number of hydrogen-bond acceptors (Lipinski definition) is 5. The molecule has 1 saturated carbocycles. The van der Waals surface area contributed by atoms with E-state index < -0.39 is 6.04 Å². The third-order valence-corrected chi connectivity index (χ3v) is 4.86. The van der Waals surface area contributed by atoms with Crippen LogP contribution in [0.4, 0.5) is 0 Å². The van der Waals surface area contributed by atoms with E-state index in [9.17, 15) is 4.79 Å². The first-order chi connectivity index (χ1) is 11.6. The lowest BCUT2D eigenvalue weighted by Crippen LogP contribution is -2.47. The molecule has 1 aliphatic carbocycles. The summed E-state index contributed by atoms with van der Waals surface area (Å²) in [5.74, 6) is 0.993. The predicted octanol–water partition coefficient (Wildman–Crippen LogP) is 1.42. The molecule has 6 heteroatoms. The van der Waals surface area contributed by atoms with Gasteiger partial charge in [-0.2, -0.15) is 10.5 Å². The number of nitrogens with two attached hydrogens (primary N) is 1. The van der Waals surface area contributed by atoms with Gasteiger partial charge in [-0.25, -0.2) is 0 Å². The molecule has 24 heavy (non-hydrogen) atoms. The molecular weight excluding hydrogens is 304 g/mol. The molecule has 0 bridgehead atoms. The van der Waals surface area contributed by atoms with Crippen LogP contribution in [-0.4, -0.2) is 36.0 Å². The first-order valence-corrected chi connectivity index (χ1v) is 8.22. The van der Waals surface area contributed by atoms with E-state index >= 15 is 0 Å². The fraction of sp³-hybridized carbons (Fsp3) is 0.500. The Balaban J connectivity index is 1.48. The summed E-state index contributed by atoms with van der Waals surface area (Å²) in [4.78, 5) is 14.1. The smallest absolute Gasteiger partial charge is 0.240 e. The van der Waals surface area contributed by atoms with E-state index in [0.717, 1.165) is 19.3 Å². The minimum Gasteiger partial charge on any atom is -0.493 e. The van der Waals surface area contributed by atoms with Crippen molar-refractivity contribution < 1.29 is 9.53 Å². The van der Waals surface area contributed by atoms with E-state index in [2.05, 4.69) is 12.1 Å². The van der Waals surface area contributed by atoms with Crippen LogP contribution >= 0.6 is 0 Å². The number of carbonyl (C=O) groups is 1. The highest BCUT2D eigenvalue weighted by Crippen LogP contribution is 2.41. The third-order valence-electron chi connectivity index (χ3n) is 4.86. The number of amides is 1. The molecule has 1 aromatic rings. The number of ether oxygens (including phenoxy) is 1. The van der Waals surface area contributed by atoms with E-state index in [1.165, 1.54) is 0 Å². The Bertz CT molecular complexity index is 688. The van der Waals surface area contributed by atoms with E-state index in [1.807, 2.05) is 0 Å². The maximum absolute atomic E-state index is 12.5. The van der Waals surface area contributed by atoms with Crippen molar-refractivity contribution in [3.63, 3.8) is 0 Å². The molecule has 1 amide bonds. The van der Waals surface area contributed by atoms with Crippen LogP contribution in [0.1, 0.15) is 24.8 Å². The van der Waals surface area contributed by atoms with Gasteiger partial charge in [-0.05, 0) is 55.4 Å². The normalized spacial score (nSPS) is 26.3. The van der Waals surface area contributed by atoms with Gasteiger partial charge in [0.15, 0.2) is 0 Å². The molecule has 0 unspecified atom stereocenters. The molecule has 0 aromatic heterocycles. The van der Waals surface area contributed by atoms with E-state index in [1.54, 1.807) is 29.2 Å². The average molecular weight is 324 g/mol. The standard InChI is InChI=1S/C18H20N4O2/c19-9-12-3-5-15(6-4-12)24-11-13-8-16(13)17(21)18(23)22-7-1-2-14(22)10-20/h3-6,13-14,16-17H,1-2,7-8,11,21H2/t13-,14-,16-,17+/m0/s1. The van der Waals surface area contributed by atoms with Gasteiger partial charge in [0, 0.05) is 6.54 Å². The Morgan fingerprint density at radius 2 is 2.12 bits per heavy atom. The van der Waals surface area contributed by atoms with Crippen molar-refractivity contribution in [2.75, 3.05) is 13.2 Å². The van der Waals surface area contributed by atoms with Crippen LogP contribution in [0.2, 0.25) is 0 Å². The molecular formula is C18H20N4O2. The van der Waals surface area contributed by atoms with E-state index in [-0.39, 0.29) is 23.8 Å². The quantitative estimate of drug-likeness (QED) is 0.882. The minimum absolute atomic E-state index is 0.107. The van der Waals surface area contributed by atoms with Gasteiger partial charge in [0.1, 0.15) is 11.8 Å². The summed E-state index contributed by atoms with van der Waals surface area (Å²) in [7, 11) is 0. The van der Waals surface area contributed by atoms with Gasteiger partial charge in [0.05, 0.1) is 30.4 Å². The van der Waals surface area contributed by atoms with Gasteiger partial charge in [-0.1, -0.05) is 0 Å². The van der Waals surface area contributed by atoms with Crippen LogP contribution in [0.3, 0.4) is 0 Å². The predicted molar refractivity (Wildman–Crippen MR) is 86.6 cm³/mol. The van der Waals surface area contributed by atoms with Gasteiger partial charge in [0.25, 0.3) is 0 Å². The lowest BCUT2D eigenvalue weighted by atomic mass is 10.1. The monoisotopic (exact) mass is 324 g/mol. The van der Waals surface area contributed by atoms with Crippen LogP contribution in [0.5, 0.6) is 5.75 Å². The minimum atomic E-state index is -0.548. The highest BCUT2D eigenvalue weighted by molar-refractivity contribution is 5.83. The summed E-state index contributed by atoms with van der Waals surface area (Å²) in [6.45, 7) is 1.14. The maximum Gasteiger partial charge on any atom is 0.240 e. The fourth-order valence-corrected chi connectivity index (χ4v) is 3.27. The molecule has 1 heterocycles. The fourth-order valence-electron chi connectivity index (χ4n) is 3.27. The van der Waals surface area contributed by atoms with Crippen molar-refractivity contribution >= 4 is 5.91 Å². The van der Waals surface area contributed by atoms with Crippen molar-refractivity contribution in [1.82, 2.24) is 4.90 Å². The topological polar surface area (TPSA) is 103 Å².